The van der Waals surface area contributed by atoms with Crippen LogP contribution in [-0.4, -0.2) is 16.3 Å². The van der Waals surface area contributed by atoms with Gasteiger partial charge in [-0.15, -0.1) is 0 Å². The van der Waals surface area contributed by atoms with Crippen LogP contribution in [0.5, 0.6) is 0 Å². The fraction of sp³-hybridized carbons (Fsp3) is 0.786. The van der Waals surface area contributed by atoms with E-state index in [4.69, 9.17) is 0 Å². The van der Waals surface area contributed by atoms with Crippen LogP contribution < -0.4 is 5.32 Å². The summed E-state index contributed by atoms with van der Waals surface area (Å²) in [5, 5.41) is 8.00. The first-order valence-corrected chi connectivity index (χ1v) is 6.93. The van der Waals surface area contributed by atoms with Gasteiger partial charge in [-0.1, -0.05) is 27.7 Å². The molecule has 0 saturated carbocycles. The highest BCUT2D eigenvalue weighted by molar-refractivity contribution is 5.10. The lowest BCUT2D eigenvalue weighted by Gasteiger charge is -2.14. The summed E-state index contributed by atoms with van der Waals surface area (Å²) in [4.78, 5) is 0. The molecule has 0 saturated heterocycles. The fourth-order valence-corrected chi connectivity index (χ4v) is 1.89. The summed E-state index contributed by atoms with van der Waals surface area (Å²) < 4.78 is 2.08. The van der Waals surface area contributed by atoms with E-state index >= 15 is 0 Å². The fourth-order valence-electron chi connectivity index (χ4n) is 1.89. The molecule has 3 nitrogen and oxygen atoms in total. The summed E-state index contributed by atoms with van der Waals surface area (Å²) in [5.74, 6) is 0.739. The highest BCUT2D eigenvalue weighted by Gasteiger charge is 2.10. The van der Waals surface area contributed by atoms with E-state index in [1.807, 2.05) is 6.20 Å². The van der Waals surface area contributed by atoms with E-state index in [1.54, 1.807) is 0 Å². The second kappa shape index (κ2) is 7.49. The molecule has 17 heavy (non-hydrogen) atoms. The van der Waals surface area contributed by atoms with E-state index in [0.717, 1.165) is 25.4 Å². The third kappa shape index (κ3) is 4.90. The molecule has 1 heterocycles. The topological polar surface area (TPSA) is 29.9 Å². The lowest BCUT2D eigenvalue weighted by Crippen LogP contribution is -2.21. The Morgan fingerprint density at radius 2 is 2.12 bits per heavy atom. The molecule has 0 aliphatic heterocycles. The molecule has 0 amide bonds. The number of rotatable bonds is 8. The van der Waals surface area contributed by atoms with Gasteiger partial charge in [-0.05, 0) is 31.7 Å². The maximum Gasteiger partial charge on any atom is 0.0537 e. The first-order chi connectivity index (χ1) is 8.17. The molecule has 1 unspecified atom stereocenters. The molecule has 98 valence electrons. The molecule has 0 aliphatic rings. The Morgan fingerprint density at radius 3 is 2.71 bits per heavy atom. The quantitative estimate of drug-likeness (QED) is 0.751. The Morgan fingerprint density at radius 1 is 1.35 bits per heavy atom. The van der Waals surface area contributed by atoms with E-state index in [1.165, 1.54) is 18.4 Å². The first-order valence-electron chi connectivity index (χ1n) is 6.93. The molecule has 0 aromatic carbocycles. The van der Waals surface area contributed by atoms with Gasteiger partial charge < -0.3 is 5.32 Å². The molecule has 3 heteroatoms. The second-order valence-corrected chi connectivity index (χ2v) is 5.13. The average molecular weight is 237 g/mol. The molecule has 0 radical (unpaired) electrons. The number of hydrogen-bond donors (Lipinski definition) is 1. The van der Waals surface area contributed by atoms with Crippen LogP contribution in [0.25, 0.3) is 0 Å². The van der Waals surface area contributed by atoms with E-state index in [0.29, 0.717) is 6.04 Å². The molecule has 0 fully saturated rings. The number of aryl methyl sites for hydroxylation is 1. The van der Waals surface area contributed by atoms with Gasteiger partial charge in [0.2, 0.25) is 0 Å². The van der Waals surface area contributed by atoms with Crippen molar-refractivity contribution in [3.05, 3.63) is 18.0 Å². The minimum Gasteiger partial charge on any atom is -0.310 e. The van der Waals surface area contributed by atoms with Crippen molar-refractivity contribution in [1.82, 2.24) is 15.1 Å². The van der Waals surface area contributed by atoms with Gasteiger partial charge in [-0.3, -0.25) is 4.68 Å². The zero-order chi connectivity index (χ0) is 12.7. The molecule has 1 aromatic rings. The third-order valence-electron chi connectivity index (χ3n) is 3.04. The van der Waals surface area contributed by atoms with Crippen LogP contribution in [0.15, 0.2) is 12.4 Å². The summed E-state index contributed by atoms with van der Waals surface area (Å²) in [7, 11) is 0. The smallest absolute Gasteiger partial charge is 0.0537 e. The predicted molar refractivity (Wildman–Crippen MR) is 73.0 cm³/mol. The molecule has 1 aromatic heterocycles. The minimum atomic E-state index is 0.461. The zero-order valence-electron chi connectivity index (χ0n) is 11.7. The van der Waals surface area contributed by atoms with Crippen molar-refractivity contribution in [2.45, 2.75) is 59.5 Å². The summed E-state index contributed by atoms with van der Waals surface area (Å²) >= 11 is 0. The van der Waals surface area contributed by atoms with Gasteiger partial charge in [-0.2, -0.15) is 5.10 Å². The van der Waals surface area contributed by atoms with Crippen LogP contribution in [0.1, 0.15) is 58.6 Å². The van der Waals surface area contributed by atoms with Gasteiger partial charge in [0.15, 0.2) is 0 Å². The molecular weight excluding hydrogens is 210 g/mol. The van der Waals surface area contributed by atoms with Gasteiger partial charge in [0.1, 0.15) is 0 Å². The van der Waals surface area contributed by atoms with Crippen LogP contribution >= 0.6 is 0 Å². The van der Waals surface area contributed by atoms with Crippen molar-refractivity contribution in [3.8, 4) is 0 Å². The van der Waals surface area contributed by atoms with Crippen molar-refractivity contribution in [3.63, 3.8) is 0 Å². The third-order valence-corrected chi connectivity index (χ3v) is 3.04. The Kier molecular flexibility index (Phi) is 6.27. The maximum atomic E-state index is 4.44. The predicted octanol–water partition coefficient (Wildman–Crippen LogP) is 3.38. The first kappa shape index (κ1) is 14.2. The molecule has 0 aliphatic carbocycles. The molecular formula is C14H27N3. The Hall–Kier alpha value is -0.830. The van der Waals surface area contributed by atoms with Crippen molar-refractivity contribution in [2.24, 2.45) is 5.92 Å². The number of nitrogens with zero attached hydrogens (tertiary/aromatic N) is 2. The number of nitrogens with one attached hydrogen (secondary N) is 1. The van der Waals surface area contributed by atoms with Gasteiger partial charge in [0.05, 0.1) is 6.20 Å². The van der Waals surface area contributed by atoms with Crippen LogP contribution in [0.3, 0.4) is 0 Å². The molecule has 0 spiro atoms. The van der Waals surface area contributed by atoms with E-state index in [9.17, 15) is 0 Å². The summed E-state index contributed by atoms with van der Waals surface area (Å²) in [6.45, 7) is 11.0. The number of hydrogen-bond acceptors (Lipinski definition) is 2. The van der Waals surface area contributed by atoms with Crippen LogP contribution in [0.4, 0.5) is 0 Å². The van der Waals surface area contributed by atoms with Gasteiger partial charge in [0, 0.05) is 24.3 Å². The number of aromatic nitrogens is 2. The van der Waals surface area contributed by atoms with Crippen molar-refractivity contribution in [2.75, 3.05) is 6.54 Å². The Labute approximate surface area is 106 Å². The second-order valence-electron chi connectivity index (χ2n) is 5.13. The highest BCUT2D eigenvalue weighted by Crippen LogP contribution is 2.16. The van der Waals surface area contributed by atoms with Crippen molar-refractivity contribution >= 4 is 0 Å². The van der Waals surface area contributed by atoms with Crippen LogP contribution in [0, 0.1) is 5.92 Å². The summed E-state index contributed by atoms with van der Waals surface area (Å²) in [6, 6.07) is 0.461. The highest BCUT2D eigenvalue weighted by atomic mass is 15.3. The van der Waals surface area contributed by atoms with Crippen molar-refractivity contribution < 1.29 is 0 Å². The van der Waals surface area contributed by atoms with Crippen LogP contribution in [0.2, 0.25) is 0 Å². The SMILES string of the molecule is CCCNC(CC)c1cnn(CCC(C)C)c1. The summed E-state index contributed by atoms with van der Waals surface area (Å²) in [5.41, 5.74) is 1.32. The van der Waals surface area contributed by atoms with Gasteiger partial charge in [0.25, 0.3) is 0 Å². The van der Waals surface area contributed by atoms with E-state index in [-0.39, 0.29) is 0 Å². The monoisotopic (exact) mass is 237 g/mol. The standard InChI is InChI=1S/C14H27N3/c1-5-8-15-14(6-2)13-10-16-17(11-13)9-7-12(3)4/h10-12,14-15H,5-9H2,1-4H3. The molecule has 1 rings (SSSR count). The van der Waals surface area contributed by atoms with E-state index < -0.39 is 0 Å². The lowest BCUT2D eigenvalue weighted by atomic mass is 10.1. The van der Waals surface area contributed by atoms with Gasteiger partial charge >= 0.3 is 0 Å². The average Bonchev–Trinajstić information content (AvgIpc) is 2.76. The maximum absolute atomic E-state index is 4.44. The lowest BCUT2D eigenvalue weighted by molar-refractivity contribution is 0.484. The minimum absolute atomic E-state index is 0.461. The zero-order valence-corrected chi connectivity index (χ0v) is 11.7. The summed E-state index contributed by atoms with van der Waals surface area (Å²) in [6.07, 6.45) is 7.70. The van der Waals surface area contributed by atoms with E-state index in [2.05, 4.69) is 49.0 Å². The largest absolute Gasteiger partial charge is 0.310 e. The molecule has 0 bridgehead atoms. The molecule has 1 atom stereocenters. The Bertz CT molecular complexity index is 304. The molecule has 1 N–H and O–H groups in total. The van der Waals surface area contributed by atoms with Crippen molar-refractivity contribution in [1.29, 1.82) is 0 Å². The van der Waals surface area contributed by atoms with Crippen LogP contribution in [-0.2, 0) is 6.54 Å². The Balaban J connectivity index is 2.52. The normalized spacial score (nSPS) is 13.2. The van der Waals surface area contributed by atoms with Gasteiger partial charge in [-0.25, -0.2) is 0 Å².